The van der Waals surface area contributed by atoms with Crippen LogP contribution in [0.25, 0.3) is 11.1 Å². The Bertz CT molecular complexity index is 1060. The summed E-state index contributed by atoms with van der Waals surface area (Å²) in [5.41, 5.74) is 2.56. The van der Waals surface area contributed by atoms with E-state index in [1.54, 1.807) is 56.0 Å². The van der Waals surface area contributed by atoms with Crippen LogP contribution in [0.1, 0.15) is 28.5 Å². The van der Waals surface area contributed by atoms with Crippen molar-refractivity contribution in [1.29, 1.82) is 0 Å². The molecule has 0 aliphatic heterocycles. The summed E-state index contributed by atoms with van der Waals surface area (Å²) in [6.07, 6.45) is 5.15. The van der Waals surface area contributed by atoms with Gasteiger partial charge in [-0.25, -0.2) is 4.39 Å². The van der Waals surface area contributed by atoms with Gasteiger partial charge in [0.15, 0.2) is 0 Å². The zero-order valence-electron chi connectivity index (χ0n) is 16.7. The highest BCUT2D eigenvalue weighted by Crippen LogP contribution is 2.27. The zero-order valence-corrected chi connectivity index (χ0v) is 16.7. The fraction of sp³-hybridized carbons (Fsp3) is 0.217. The molecule has 0 spiro atoms. The number of likely N-dealkylation sites (N-methyl/N-ethyl adjacent to an activating group) is 1. The summed E-state index contributed by atoms with van der Waals surface area (Å²) in [5, 5.41) is 9.15. The molecular formula is C23H22FN3O3. The van der Waals surface area contributed by atoms with Gasteiger partial charge in [0.25, 0.3) is 5.91 Å². The highest BCUT2D eigenvalue weighted by atomic mass is 19.1. The van der Waals surface area contributed by atoms with Gasteiger partial charge >= 0.3 is 5.97 Å². The Balaban J connectivity index is 1.88. The molecule has 0 saturated carbocycles. The molecule has 3 aromatic rings. The number of nitrogens with zero attached hydrogens (tertiary/aromatic N) is 3. The average molecular weight is 407 g/mol. The molecule has 6 nitrogen and oxygen atoms in total. The van der Waals surface area contributed by atoms with Crippen molar-refractivity contribution < 1.29 is 19.1 Å². The molecule has 1 heterocycles. The Morgan fingerprint density at radius 1 is 1.17 bits per heavy atom. The van der Waals surface area contributed by atoms with Crippen LogP contribution in [-0.2, 0) is 17.6 Å². The van der Waals surface area contributed by atoms with Gasteiger partial charge in [-0.1, -0.05) is 24.3 Å². The lowest BCUT2D eigenvalue weighted by Crippen LogP contribution is -2.36. The molecule has 1 unspecified atom stereocenters. The second kappa shape index (κ2) is 9.26. The van der Waals surface area contributed by atoms with Gasteiger partial charge < -0.3 is 10.0 Å². The van der Waals surface area contributed by atoms with Gasteiger partial charge in [0.2, 0.25) is 0 Å². The van der Waals surface area contributed by atoms with Crippen LogP contribution < -0.4 is 0 Å². The molecule has 1 N–H and O–H groups in total. The molecule has 0 bridgehead atoms. The van der Waals surface area contributed by atoms with E-state index in [-0.39, 0.29) is 23.9 Å². The number of aliphatic carboxylic acids is 1. The average Bonchev–Trinajstić information content (AvgIpc) is 2.73. The summed E-state index contributed by atoms with van der Waals surface area (Å²) < 4.78 is 14.4. The molecule has 154 valence electrons. The zero-order chi connectivity index (χ0) is 21.7. The van der Waals surface area contributed by atoms with Gasteiger partial charge in [-0.15, -0.1) is 0 Å². The SMILES string of the molecule is CC(Cc1cnccn1)N(C)C(=O)c1cc(F)cc(-c2ccccc2CC(=O)O)c1. The summed E-state index contributed by atoms with van der Waals surface area (Å²) in [7, 11) is 1.66. The quantitative estimate of drug-likeness (QED) is 0.647. The number of rotatable bonds is 7. The first-order valence-corrected chi connectivity index (χ1v) is 9.48. The summed E-state index contributed by atoms with van der Waals surface area (Å²) in [5.74, 6) is -1.87. The Labute approximate surface area is 174 Å². The van der Waals surface area contributed by atoms with E-state index in [0.717, 1.165) is 5.69 Å². The van der Waals surface area contributed by atoms with Crippen molar-refractivity contribution in [2.45, 2.75) is 25.8 Å². The van der Waals surface area contributed by atoms with E-state index in [0.29, 0.717) is 23.1 Å². The third-order valence-corrected chi connectivity index (χ3v) is 4.92. The molecule has 0 aliphatic rings. The van der Waals surface area contributed by atoms with E-state index < -0.39 is 11.8 Å². The molecule has 0 fully saturated rings. The molecule has 1 aromatic heterocycles. The fourth-order valence-electron chi connectivity index (χ4n) is 3.27. The number of aromatic nitrogens is 2. The number of hydrogen-bond donors (Lipinski definition) is 1. The number of carboxylic acids is 1. The first-order chi connectivity index (χ1) is 14.3. The molecule has 0 radical (unpaired) electrons. The molecular weight excluding hydrogens is 385 g/mol. The van der Waals surface area contributed by atoms with Crippen LogP contribution in [0.3, 0.4) is 0 Å². The van der Waals surface area contributed by atoms with Crippen molar-refractivity contribution in [2.75, 3.05) is 7.05 Å². The lowest BCUT2D eigenvalue weighted by atomic mass is 9.96. The largest absolute Gasteiger partial charge is 0.481 e. The molecule has 30 heavy (non-hydrogen) atoms. The standard InChI is InChI=1S/C23H22FN3O3/c1-15(9-20-14-25-7-8-26-20)27(2)23(30)18-10-17(11-19(24)12-18)21-6-4-3-5-16(21)13-22(28)29/h3-8,10-12,14-15H,9,13H2,1-2H3,(H,28,29). The Kier molecular flexibility index (Phi) is 6.51. The number of amides is 1. The van der Waals surface area contributed by atoms with Crippen molar-refractivity contribution in [3.8, 4) is 11.1 Å². The summed E-state index contributed by atoms with van der Waals surface area (Å²) in [6, 6.07) is 10.8. The minimum atomic E-state index is -0.979. The first-order valence-electron chi connectivity index (χ1n) is 9.48. The number of carbonyl (C=O) groups is 2. The van der Waals surface area contributed by atoms with E-state index in [2.05, 4.69) is 9.97 Å². The molecule has 7 heteroatoms. The second-order valence-corrected chi connectivity index (χ2v) is 7.12. The maximum atomic E-state index is 14.4. The van der Waals surface area contributed by atoms with Crippen LogP contribution in [0.4, 0.5) is 4.39 Å². The van der Waals surface area contributed by atoms with E-state index in [4.69, 9.17) is 5.11 Å². The van der Waals surface area contributed by atoms with Gasteiger partial charge in [-0.3, -0.25) is 19.6 Å². The molecule has 1 amide bonds. The highest BCUT2D eigenvalue weighted by Gasteiger charge is 2.20. The number of hydrogen-bond acceptors (Lipinski definition) is 4. The van der Waals surface area contributed by atoms with Crippen LogP contribution in [0.5, 0.6) is 0 Å². The second-order valence-electron chi connectivity index (χ2n) is 7.12. The molecule has 2 aromatic carbocycles. The Hall–Kier alpha value is -3.61. The maximum absolute atomic E-state index is 14.4. The predicted molar refractivity (Wildman–Crippen MR) is 110 cm³/mol. The van der Waals surface area contributed by atoms with Crippen molar-refractivity contribution in [1.82, 2.24) is 14.9 Å². The van der Waals surface area contributed by atoms with Gasteiger partial charge in [0, 0.05) is 43.7 Å². The minimum absolute atomic E-state index is 0.180. The van der Waals surface area contributed by atoms with Crippen LogP contribution in [0.15, 0.2) is 61.1 Å². The van der Waals surface area contributed by atoms with Crippen LogP contribution in [0.2, 0.25) is 0 Å². The number of carbonyl (C=O) groups excluding carboxylic acids is 1. The van der Waals surface area contributed by atoms with Crippen molar-refractivity contribution >= 4 is 11.9 Å². The van der Waals surface area contributed by atoms with Crippen LogP contribution in [-0.4, -0.2) is 44.9 Å². The summed E-state index contributed by atoms with van der Waals surface area (Å²) in [4.78, 5) is 34.0. The lowest BCUT2D eigenvalue weighted by Gasteiger charge is -2.25. The Morgan fingerprint density at radius 3 is 2.63 bits per heavy atom. The van der Waals surface area contributed by atoms with E-state index in [9.17, 15) is 14.0 Å². The van der Waals surface area contributed by atoms with E-state index in [1.807, 2.05) is 6.92 Å². The normalized spacial score (nSPS) is 11.7. The van der Waals surface area contributed by atoms with E-state index in [1.165, 1.54) is 17.0 Å². The third-order valence-electron chi connectivity index (χ3n) is 4.92. The van der Waals surface area contributed by atoms with Crippen molar-refractivity contribution in [2.24, 2.45) is 0 Å². The molecule has 0 aliphatic carbocycles. The topological polar surface area (TPSA) is 83.4 Å². The highest BCUT2D eigenvalue weighted by molar-refractivity contribution is 5.95. The third kappa shape index (κ3) is 5.05. The number of benzene rings is 2. The first kappa shape index (κ1) is 21.1. The van der Waals surface area contributed by atoms with Crippen LogP contribution in [0, 0.1) is 5.82 Å². The summed E-state index contributed by atoms with van der Waals surface area (Å²) in [6.45, 7) is 1.88. The molecule has 3 rings (SSSR count). The maximum Gasteiger partial charge on any atom is 0.307 e. The minimum Gasteiger partial charge on any atom is -0.481 e. The van der Waals surface area contributed by atoms with Crippen molar-refractivity contribution in [3.63, 3.8) is 0 Å². The Morgan fingerprint density at radius 2 is 1.93 bits per heavy atom. The fourth-order valence-corrected chi connectivity index (χ4v) is 3.27. The van der Waals surface area contributed by atoms with Crippen LogP contribution >= 0.6 is 0 Å². The monoisotopic (exact) mass is 407 g/mol. The molecule has 0 saturated heterocycles. The predicted octanol–water partition coefficient (Wildman–Crippen LogP) is 3.61. The lowest BCUT2D eigenvalue weighted by molar-refractivity contribution is -0.136. The summed E-state index contributed by atoms with van der Waals surface area (Å²) >= 11 is 0. The number of halogens is 1. The van der Waals surface area contributed by atoms with Crippen molar-refractivity contribution in [3.05, 3.63) is 83.7 Å². The smallest absolute Gasteiger partial charge is 0.307 e. The van der Waals surface area contributed by atoms with Gasteiger partial charge in [0.05, 0.1) is 12.1 Å². The van der Waals surface area contributed by atoms with Gasteiger partial charge in [-0.2, -0.15) is 0 Å². The molecule has 1 atom stereocenters. The van der Waals surface area contributed by atoms with E-state index >= 15 is 0 Å². The number of carboxylic acid groups (broad SMARTS) is 1. The van der Waals surface area contributed by atoms with Gasteiger partial charge in [-0.05, 0) is 41.8 Å². The van der Waals surface area contributed by atoms with Gasteiger partial charge in [0.1, 0.15) is 5.82 Å².